The highest BCUT2D eigenvalue weighted by molar-refractivity contribution is 5.94. The molecule has 0 saturated carbocycles. The molecule has 28 heavy (non-hydrogen) atoms. The second-order valence-corrected chi connectivity index (χ2v) is 6.90. The topological polar surface area (TPSA) is 65.4 Å². The van der Waals surface area contributed by atoms with Gasteiger partial charge in [0.1, 0.15) is 11.6 Å². The van der Waals surface area contributed by atoms with Crippen LogP contribution in [0.1, 0.15) is 34.6 Å². The fourth-order valence-corrected chi connectivity index (χ4v) is 3.73. The van der Waals surface area contributed by atoms with E-state index in [-0.39, 0.29) is 11.8 Å². The zero-order valence-electron chi connectivity index (χ0n) is 16.0. The van der Waals surface area contributed by atoms with Gasteiger partial charge in [0.25, 0.3) is 0 Å². The van der Waals surface area contributed by atoms with E-state index >= 15 is 0 Å². The SMILES string of the molecule is COCc1cc(C2CC(=O)Nc3c2cnn3Cc2ccccc2)ccc1OC. The molecule has 6 nitrogen and oxygen atoms in total. The largest absolute Gasteiger partial charge is 0.496 e. The van der Waals surface area contributed by atoms with Crippen LogP contribution in [0.25, 0.3) is 0 Å². The highest BCUT2D eigenvalue weighted by Crippen LogP contribution is 2.38. The van der Waals surface area contributed by atoms with Crippen LogP contribution in [0.15, 0.2) is 54.7 Å². The molecule has 4 rings (SSSR count). The molecule has 6 heteroatoms. The number of amides is 1. The first kappa shape index (κ1) is 18.3. The number of hydrogen-bond acceptors (Lipinski definition) is 4. The van der Waals surface area contributed by atoms with Crippen molar-refractivity contribution in [2.24, 2.45) is 0 Å². The van der Waals surface area contributed by atoms with Crippen LogP contribution in [0.3, 0.4) is 0 Å². The monoisotopic (exact) mass is 377 g/mol. The van der Waals surface area contributed by atoms with Crippen LogP contribution in [0.5, 0.6) is 5.75 Å². The summed E-state index contributed by atoms with van der Waals surface area (Å²) in [7, 11) is 3.31. The third-order valence-electron chi connectivity index (χ3n) is 5.07. The number of carbonyl (C=O) groups is 1. The Morgan fingerprint density at radius 2 is 2.00 bits per heavy atom. The van der Waals surface area contributed by atoms with Crippen molar-refractivity contribution < 1.29 is 14.3 Å². The van der Waals surface area contributed by atoms with Crippen LogP contribution in [-0.4, -0.2) is 29.9 Å². The number of hydrogen-bond donors (Lipinski definition) is 1. The van der Waals surface area contributed by atoms with Gasteiger partial charge in [0, 0.05) is 30.6 Å². The molecule has 0 saturated heterocycles. The maximum absolute atomic E-state index is 12.4. The molecule has 144 valence electrons. The lowest BCUT2D eigenvalue weighted by molar-refractivity contribution is -0.116. The molecule has 0 fully saturated rings. The van der Waals surface area contributed by atoms with E-state index in [4.69, 9.17) is 9.47 Å². The van der Waals surface area contributed by atoms with Crippen molar-refractivity contribution in [2.45, 2.75) is 25.5 Å². The molecule has 1 aromatic heterocycles. The molecule has 1 aliphatic rings. The Kier molecular flexibility index (Phi) is 5.12. The summed E-state index contributed by atoms with van der Waals surface area (Å²) in [6, 6.07) is 16.1. The number of benzene rings is 2. The summed E-state index contributed by atoms with van der Waals surface area (Å²) < 4.78 is 12.6. The Hall–Kier alpha value is -3.12. The molecule has 3 aromatic rings. The minimum Gasteiger partial charge on any atom is -0.496 e. The molecule has 0 radical (unpaired) electrons. The van der Waals surface area contributed by atoms with Crippen molar-refractivity contribution in [2.75, 3.05) is 19.5 Å². The summed E-state index contributed by atoms with van der Waals surface area (Å²) in [5.74, 6) is 1.51. The van der Waals surface area contributed by atoms with Gasteiger partial charge < -0.3 is 14.8 Å². The molecular weight excluding hydrogens is 354 g/mol. The first-order valence-electron chi connectivity index (χ1n) is 9.25. The lowest BCUT2D eigenvalue weighted by Gasteiger charge is -2.24. The molecule has 0 spiro atoms. The zero-order valence-corrected chi connectivity index (χ0v) is 16.0. The lowest BCUT2D eigenvalue weighted by Crippen LogP contribution is -2.25. The minimum absolute atomic E-state index is 0.00331. The maximum atomic E-state index is 12.4. The third kappa shape index (κ3) is 3.51. The zero-order chi connectivity index (χ0) is 19.5. The van der Waals surface area contributed by atoms with Crippen molar-refractivity contribution in [1.82, 2.24) is 9.78 Å². The molecule has 0 aliphatic carbocycles. The number of methoxy groups -OCH3 is 2. The highest BCUT2D eigenvalue weighted by Gasteiger charge is 2.30. The predicted octanol–water partition coefficient (Wildman–Crippen LogP) is 3.56. The molecule has 2 heterocycles. The van der Waals surface area contributed by atoms with Crippen molar-refractivity contribution in [1.29, 1.82) is 0 Å². The van der Waals surface area contributed by atoms with E-state index in [2.05, 4.69) is 28.6 Å². The summed E-state index contributed by atoms with van der Waals surface area (Å²) in [6.07, 6.45) is 2.26. The number of ether oxygens (including phenoxy) is 2. The van der Waals surface area contributed by atoms with E-state index in [9.17, 15) is 4.79 Å². The molecule has 1 atom stereocenters. The number of nitrogens with zero attached hydrogens (tertiary/aromatic N) is 2. The van der Waals surface area contributed by atoms with Gasteiger partial charge in [-0.25, -0.2) is 4.68 Å². The van der Waals surface area contributed by atoms with Crippen molar-refractivity contribution in [3.8, 4) is 5.75 Å². The van der Waals surface area contributed by atoms with Crippen molar-refractivity contribution in [3.63, 3.8) is 0 Å². The second-order valence-electron chi connectivity index (χ2n) is 6.90. The summed E-state index contributed by atoms with van der Waals surface area (Å²) >= 11 is 0. The van der Waals surface area contributed by atoms with E-state index < -0.39 is 0 Å². The average Bonchev–Trinajstić information content (AvgIpc) is 3.11. The normalized spacial score (nSPS) is 15.8. The third-order valence-corrected chi connectivity index (χ3v) is 5.07. The Bertz CT molecular complexity index is 982. The number of anilines is 1. The van der Waals surface area contributed by atoms with Gasteiger partial charge in [-0.15, -0.1) is 0 Å². The van der Waals surface area contributed by atoms with Gasteiger partial charge in [-0.2, -0.15) is 5.10 Å². The van der Waals surface area contributed by atoms with Gasteiger partial charge in [-0.3, -0.25) is 4.79 Å². The fourth-order valence-electron chi connectivity index (χ4n) is 3.73. The number of nitrogens with one attached hydrogen (secondary N) is 1. The Morgan fingerprint density at radius 1 is 1.18 bits per heavy atom. The van der Waals surface area contributed by atoms with Crippen LogP contribution < -0.4 is 10.1 Å². The number of rotatable bonds is 6. The maximum Gasteiger partial charge on any atom is 0.226 e. The van der Waals surface area contributed by atoms with Crippen LogP contribution in [0, 0.1) is 0 Å². The van der Waals surface area contributed by atoms with Gasteiger partial charge in [0.2, 0.25) is 5.91 Å². The van der Waals surface area contributed by atoms with Gasteiger partial charge in [-0.05, 0) is 23.3 Å². The number of aromatic nitrogens is 2. The quantitative estimate of drug-likeness (QED) is 0.713. The van der Waals surface area contributed by atoms with Crippen LogP contribution in [-0.2, 0) is 22.7 Å². The van der Waals surface area contributed by atoms with Gasteiger partial charge >= 0.3 is 0 Å². The van der Waals surface area contributed by atoms with Crippen LogP contribution >= 0.6 is 0 Å². The van der Waals surface area contributed by atoms with Crippen LogP contribution in [0.2, 0.25) is 0 Å². The fraction of sp³-hybridized carbons (Fsp3) is 0.273. The van der Waals surface area contributed by atoms with E-state index in [0.29, 0.717) is 19.6 Å². The molecule has 1 N–H and O–H groups in total. The lowest BCUT2D eigenvalue weighted by atomic mass is 9.86. The summed E-state index contributed by atoms with van der Waals surface area (Å²) in [5, 5.41) is 7.55. The van der Waals surface area contributed by atoms with E-state index in [1.807, 2.05) is 41.2 Å². The number of carbonyl (C=O) groups excluding carboxylic acids is 1. The van der Waals surface area contributed by atoms with Gasteiger partial charge in [0.05, 0.1) is 26.5 Å². The first-order chi connectivity index (χ1) is 13.7. The van der Waals surface area contributed by atoms with E-state index in [1.165, 1.54) is 0 Å². The summed E-state index contributed by atoms with van der Waals surface area (Å²) in [4.78, 5) is 12.4. The smallest absolute Gasteiger partial charge is 0.226 e. The summed E-state index contributed by atoms with van der Waals surface area (Å²) in [5.41, 5.74) is 4.19. The average molecular weight is 377 g/mol. The van der Waals surface area contributed by atoms with Crippen molar-refractivity contribution >= 4 is 11.7 Å². The molecule has 0 bridgehead atoms. The summed E-state index contributed by atoms with van der Waals surface area (Å²) in [6.45, 7) is 1.07. The first-order valence-corrected chi connectivity index (χ1v) is 9.25. The van der Waals surface area contributed by atoms with Gasteiger partial charge in [-0.1, -0.05) is 36.4 Å². The Labute approximate surface area is 164 Å². The van der Waals surface area contributed by atoms with Crippen LogP contribution in [0.4, 0.5) is 5.82 Å². The van der Waals surface area contributed by atoms with E-state index in [1.54, 1.807) is 14.2 Å². The molecule has 1 amide bonds. The Morgan fingerprint density at radius 3 is 2.75 bits per heavy atom. The highest BCUT2D eigenvalue weighted by atomic mass is 16.5. The second kappa shape index (κ2) is 7.86. The molecule has 1 aliphatic heterocycles. The molecule has 2 aromatic carbocycles. The minimum atomic E-state index is -0.0465. The van der Waals surface area contributed by atoms with Gasteiger partial charge in [0.15, 0.2) is 0 Å². The molecule has 1 unspecified atom stereocenters. The predicted molar refractivity (Wildman–Crippen MR) is 107 cm³/mol. The standard InChI is InChI=1S/C22H23N3O3/c1-27-14-17-10-16(8-9-20(17)28-2)18-11-21(26)24-22-19(18)12-23-25(22)13-15-6-4-3-5-7-15/h3-10,12,18H,11,13-14H2,1-2H3,(H,24,26). The Balaban J connectivity index is 1.70. The number of fused-ring (bicyclic) bond motifs is 1. The van der Waals surface area contributed by atoms with Crippen molar-refractivity contribution in [3.05, 3.63) is 77.0 Å². The van der Waals surface area contributed by atoms with E-state index in [0.717, 1.165) is 33.8 Å². The molecular formula is C22H23N3O3.